The molecule has 98 valence electrons. The third kappa shape index (κ3) is 3.83. The molecule has 0 aliphatic heterocycles. The Morgan fingerprint density at radius 3 is 2.58 bits per heavy atom. The summed E-state index contributed by atoms with van der Waals surface area (Å²) in [4.78, 5) is 12.0. The van der Waals surface area contributed by atoms with Crippen molar-refractivity contribution in [2.75, 3.05) is 11.1 Å². The van der Waals surface area contributed by atoms with Crippen molar-refractivity contribution in [1.29, 1.82) is 0 Å². The molecule has 0 radical (unpaired) electrons. The first-order valence-electron chi connectivity index (χ1n) is 5.95. The molecule has 2 aromatic carbocycles. The SMILES string of the molecule is Cc1ccc(N)c(NC(=O)Cc2ccc(Br)cc2)c1. The van der Waals surface area contributed by atoms with Crippen molar-refractivity contribution in [3.63, 3.8) is 0 Å². The number of nitrogen functional groups attached to an aromatic ring is 1. The van der Waals surface area contributed by atoms with Crippen molar-refractivity contribution >= 4 is 33.2 Å². The first-order chi connectivity index (χ1) is 9.04. The molecule has 0 bridgehead atoms. The molecule has 3 nitrogen and oxygen atoms in total. The zero-order valence-electron chi connectivity index (χ0n) is 10.6. The number of hydrogen-bond donors (Lipinski definition) is 2. The summed E-state index contributed by atoms with van der Waals surface area (Å²) in [6.07, 6.45) is 0.334. The van der Waals surface area contributed by atoms with Crippen LogP contribution in [0.25, 0.3) is 0 Å². The predicted molar refractivity (Wildman–Crippen MR) is 82.1 cm³/mol. The molecule has 0 saturated heterocycles. The van der Waals surface area contributed by atoms with Gasteiger partial charge in [-0.3, -0.25) is 4.79 Å². The Hall–Kier alpha value is -1.81. The summed E-state index contributed by atoms with van der Waals surface area (Å²) < 4.78 is 1.000. The molecule has 2 aromatic rings. The molecule has 0 heterocycles. The average molecular weight is 319 g/mol. The molecule has 4 heteroatoms. The van der Waals surface area contributed by atoms with Gasteiger partial charge in [-0.1, -0.05) is 34.1 Å². The molecule has 2 rings (SSSR count). The molecule has 0 aromatic heterocycles. The number of anilines is 2. The van der Waals surface area contributed by atoms with Crippen LogP contribution in [-0.2, 0) is 11.2 Å². The zero-order chi connectivity index (χ0) is 13.8. The number of halogens is 1. The Labute approximate surface area is 121 Å². The lowest BCUT2D eigenvalue weighted by atomic mass is 10.1. The van der Waals surface area contributed by atoms with Crippen LogP contribution in [-0.4, -0.2) is 5.91 Å². The van der Waals surface area contributed by atoms with Gasteiger partial charge in [0.05, 0.1) is 17.8 Å². The summed E-state index contributed by atoms with van der Waals surface area (Å²) in [5, 5.41) is 2.84. The summed E-state index contributed by atoms with van der Waals surface area (Å²) in [5.74, 6) is -0.0698. The van der Waals surface area contributed by atoms with Gasteiger partial charge in [-0.05, 0) is 42.3 Å². The van der Waals surface area contributed by atoms with Crippen LogP contribution >= 0.6 is 15.9 Å². The minimum Gasteiger partial charge on any atom is -0.397 e. The molecule has 0 unspecified atom stereocenters. The van der Waals surface area contributed by atoms with Crippen molar-refractivity contribution in [3.05, 3.63) is 58.1 Å². The molecule has 0 saturated carbocycles. The van der Waals surface area contributed by atoms with Crippen LogP contribution in [0.3, 0.4) is 0 Å². The van der Waals surface area contributed by atoms with Gasteiger partial charge in [0.1, 0.15) is 0 Å². The first kappa shape index (κ1) is 13.6. The summed E-state index contributed by atoms with van der Waals surface area (Å²) in [7, 11) is 0. The van der Waals surface area contributed by atoms with Crippen molar-refractivity contribution in [3.8, 4) is 0 Å². The second-order valence-electron chi connectivity index (χ2n) is 4.44. The van der Waals surface area contributed by atoms with E-state index < -0.39 is 0 Å². The maximum absolute atomic E-state index is 12.0. The van der Waals surface area contributed by atoms with Gasteiger partial charge in [0, 0.05) is 4.47 Å². The molecular formula is C15H15BrN2O. The number of amides is 1. The van der Waals surface area contributed by atoms with Crippen molar-refractivity contribution < 1.29 is 4.79 Å². The molecular weight excluding hydrogens is 304 g/mol. The quantitative estimate of drug-likeness (QED) is 0.851. The molecule has 0 fully saturated rings. The van der Waals surface area contributed by atoms with Gasteiger partial charge < -0.3 is 11.1 Å². The molecule has 0 aliphatic carbocycles. The van der Waals surface area contributed by atoms with Gasteiger partial charge >= 0.3 is 0 Å². The first-order valence-corrected chi connectivity index (χ1v) is 6.74. The lowest BCUT2D eigenvalue weighted by Crippen LogP contribution is -2.15. The fourth-order valence-electron chi connectivity index (χ4n) is 1.76. The van der Waals surface area contributed by atoms with Crippen LogP contribution < -0.4 is 11.1 Å². The molecule has 0 atom stereocenters. The Balaban J connectivity index is 2.05. The van der Waals surface area contributed by atoms with Gasteiger partial charge in [-0.15, -0.1) is 0 Å². The highest BCUT2D eigenvalue weighted by molar-refractivity contribution is 9.10. The zero-order valence-corrected chi connectivity index (χ0v) is 12.2. The van der Waals surface area contributed by atoms with E-state index in [-0.39, 0.29) is 5.91 Å². The minimum atomic E-state index is -0.0698. The Morgan fingerprint density at radius 1 is 1.21 bits per heavy atom. The smallest absolute Gasteiger partial charge is 0.228 e. The van der Waals surface area contributed by atoms with E-state index in [4.69, 9.17) is 5.73 Å². The minimum absolute atomic E-state index is 0.0698. The van der Waals surface area contributed by atoms with Crippen LogP contribution in [0, 0.1) is 6.92 Å². The van der Waals surface area contributed by atoms with E-state index in [1.807, 2.05) is 43.3 Å². The van der Waals surface area contributed by atoms with Crippen LogP contribution in [0.2, 0.25) is 0 Å². The molecule has 19 heavy (non-hydrogen) atoms. The van der Waals surface area contributed by atoms with E-state index in [0.717, 1.165) is 15.6 Å². The van der Waals surface area contributed by atoms with Gasteiger partial charge in [0.25, 0.3) is 0 Å². The summed E-state index contributed by atoms with van der Waals surface area (Å²) >= 11 is 3.37. The number of carbonyl (C=O) groups excluding carboxylic acids is 1. The van der Waals surface area contributed by atoms with Crippen LogP contribution in [0.15, 0.2) is 46.9 Å². The van der Waals surface area contributed by atoms with Gasteiger partial charge in [-0.2, -0.15) is 0 Å². The van der Waals surface area contributed by atoms with E-state index in [0.29, 0.717) is 17.8 Å². The average Bonchev–Trinajstić information content (AvgIpc) is 2.37. The Morgan fingerprint density at radius 2 is 1.89 bits per heavy atom. The summed E-state index contributed by atoms with van der Waals surface area (Å²) in [6, 6.07) is 13.3. The third-order valence-corrected chi connectivity index (χ3v) is 3.29. The van der Waals surface area contributed by atoms with E-state index in [9.17, 15) is 4.79 Å². The molecule has 3 N–H and O–H groups in total. The standard InChI is InChI=1S/C15H15BrN2O/c1-10-2-7-13(17)14(8-10)18-15(19)9-11-3-5-12(16)6-4-11/h2-8H,9,17H2,1H3,(H,18,19). The summed E-state index contributed by atoms with van der Waals surface area (Å²) in [5.41, 5.74) is 9.11. The highest BCUT2D eigenvalue weighted by Crippen LogP contribution is 2.20. The number of rotatable bonds is 3. The van der Waals surface area contributed by atoms with Gasteiger partial charge in [0.15, 0.2) is 0 Å². The molecule has 0 spiro atoms. The van der Waals surface area contributed by atoms with E-state index in [1.165, 1.54) is 0 Å². The predicted octanol–water partition coefficient (Wildman–Crippen LogP) is 3.52. The Bertz CT molecular complexity index is 594. The van der Waals surface area contributed by atoms with Gasteiger partial charge in [0.2, 0.25) is 5.91 Å². The topological polar surface area (TPSA) is 55.1 Å². The fraction of sp³-hybridized carbons (Fsp3) is 0.133. The van der Waals surface area contributed by atoms with Crippen molar-refractivity contribution in [2.45, 2.75) is 13.3 Å². The number of nitrogens with one attached hydrogen (secondary N) is 1. The lowest BCUT2D eigenvalue weighted by Gasteiger charge is -2.09. The van der Waals surface area contributed by atoms with E-state index in [2.05, 4.69) is 21.2 Å². The second-order valence-corrected chi connectivity index (χ2v) is 5.36. The maximum atomic E-state index is 12.0. The number of carbonyl (C=O) groups is 1. The third-order valence-electron chi connectivity index (χ3n) is 2.76. The lowest BCUT2D eigenvalue weighted by molar-refractivity contribution is -0.115. The van der Waals surface area contributed by atoms with Crippen molar-refractivity contribution in [1.82, 2.24) is 0 Å². The van der Waals surface area contributed by atoms with Crippen molar-refractivity contribution in [2.24, 2.45) is 0 Å². The second kappa shape index (κ2) is 5.89. The van der Waals surface area contributed by atoms with E-state index >= 15 is 0 Å². The molecule has 1 amide bonds. The fourth-order valence-corrected chi connectivity index (χ4v) is 2.02. The Kier molecular flexibility index (Phi) is 4.22. The molecule has 0 aliphatic rings. The van der Waals surface area contributed by atoms with E-state index in [1.54, 1.807) is 6.07 Å². The highest BCUT2D eigenvalue weighted by Gasteiger charge is 2.06. The number of aryl methyl sites for hydroxylation is 1. The number of nitrogens with two attached hydrogens (primary N) is 1. The van der Waals surface area contributed by atoms with Gasteiger partial charge in [-0.25, -0.2) is 0 Å². The van der Waals surface area contributed by atoms with Crippen LogP contribution in [0.1, 0.15) is 11.1 Å². The highest BCUT2D eigenvalue weighted by atomic mass is 79.9. The normalized spacial score (nSPS) is 10.2. The van der Waals surface area contributed by atoms with Crippen LogP contribution in [0.4, 0.5) is 11.4 Å². The van der Waals surface area contributed by atoms with Crippen LogP contribution in [0.5, 0.6) is 0 Å². The monoisotopic (exact) mass is 318 g/mol. The number of hydrogen-bond acceptors (Lipinski definition) is 2. The number of benzene rings is 2. The maximum Gasteiger partial charge on any atom is 0.228 e. The largest absolute Gasteiger partial charge is 0.397 e. The summed E-state index contributed by atoms with van der Waals surface area (Å²) in [6.45, 7) is 1.96.